The third kappa shape index (κ3) is 8.97. The third-order valence-corrected chi connectivity index (χ3v) is 11.1. The van der Waals surface area contributed by atoms with Gasteiger partial charge in [0.1, 0.15) is 35.3 Å². The Balaban J connectivity index is 1.11. The van der Waals surface area contributed by atoms with Crippen molar-refractivity contribution in [1.29, 1.82) is 0 Å². The summed E-state index contributed by atoms with van der Waals surface area (Å²) in [4.78, 5) is 44.8. The molecule has 1 N–H and O–H groups in total. The summed E-state index contributed by atoms with van der Waals surface area (Å²) in [7, 11) is 0. The minimum atomic E-state index is -0.776. The highest BCUT2D eigenvalue weighted by Gasteiger charge is 2.45. The molecule has 2 saturated carbocycles. The fourth-order valence-corrected chi connectivity index (χ4v) is 7.73. The Kier molecular flexibility index (Phi) is 11.3. The Labute approximate surface area is 334 Å². The molecule has 3 atom stereocenters. The standard InChI is InChI=1S/C42H44Cl2F2N4O6/c1-23(31-19-25(7-14-33(31)43)39(51)47-26-8-9-26)50(27-10-11-27)40(52)32-21-49(41(53)55-42(2,3)4)18-17-30(32)24-5-12-28(13-6-24)54-22-29-20-36(48-56-29)37-34(45)15-16-35(46)38(37)44/h5-7,12-16,19-20,23,26-27,30,32H,8-11,17-18,21-22H2,1-4H3,(H,47,51)/t23?,30-,32+/m1/s1. The highest BCUT2D eigenvalue weighted by molar-refractivity contribution is 6.33. The van der Waals surface area contributed by atoms with E-state index in [1.165, 1.54) is 6.07 Å². The van der Waals surface area contributed by atoms with Crippen LogP contribution in [0.4, 0.5) is 13.6 Å². The Morgan fingerprint density at radius 3 is 2.38 bits per heavy atom. The number of carbonyl (C=O) groups is 3. The molecule has 0 spiro atoms. The van der Waals surface area contributed by atoms with Gasteiger partial charge in [0, 0.05) is 41.8 Å². The van der Waals surface area contributed by atoms with E-state index in [4.69, 9.17) is 37.2 Å². The topological polar surface area (TPSA) is 114 Å². The van der Waals surface area contributed by atoms with Crippen LogP contribution in [0.5, 0.6) is 5.75 Å². The van der Waals surface area contributed by atoms with Gasteiger partial charge in [-0.05, 0) is 119 Å². The summed E-state index contributed by atoms with van der Waals surface area (Å²) in [5.41, 5.74) is 1.22. The van der Waals surface area contributed by atoms with E-state index in [9.17, 15) is 23.2 Å². The summed E-state index contributed by atoms with van der Waals surface area (Å²) < 4.78 is 45.4. The number of hydrogen-bond donors (Lipinski definition) is 1. The molecule has 0 bridgehead atoms. The summed E-state index contributed by atoms with van der Waals surface area (Å²) in [6, 6.07) is 15.7. The van der Waals surface area contributed by atoms with Crippen molar-refractivity contribution in [3.63, 3.8) is 0 Å². The van der Waals surface area contributed by atoms with Gasteiger partial charge in [-0.1, -0.05) is 40.5 Å². The monoisotopic (exact) mass is 808 g/mol. The van der Waals surface area contributed by atoms with E-state index < -0.39 is 40.3 Å². The molecule has 1 saturated heterocycles. The van der Waals surface area contributed by atoms with E-state index >= 15 is 0 Å². The first-order chi connectivity index (χ1) is 26.7. The highest BCUT2D eigenvalue weighted by atomic mass is 35.5. The van der Waals surface area contributed by atoms with E-state index in [2.05, 4.69) is 10.5 Å². The van der Waals surface area contributed by atoms with Crippen molar-refractivity contribution in [2.45, 2.75) is 96.1 Å². The van der Waals surface area contributed by atoms with Crippen LogP contribution >= 0.6 is 23.2 Å². The zero-order valence-electron chi connectivity index (χ0n) is 31.6. The van der Waals surface area contributed by atoms with Crippen LogP contribution in [0.1, 0.15) is 99.0 Å². The number of halogens is 4. The van der Waals surface area contributed by atoms with Crippen molar-refractivity contribution in [3.05, 3.63) is 105 Å². The maximum Gasteiger partial charge on any atom is 0.410 e. The van der Waals surface area contributed by atoms with Crippen molar-refractivity contribution < 1.29 is 37.2 Å². The predicted molar refractivity (Wildman–Crippen MR) is 207 cm³/mol. The Hall–Kier alpha value is -4.68. The summed E-state index contributed by atoms with van der Waals surface area (Å²) in [5.74, 6) is -1.84. The maximum atomic E-state index is 14.9. The lowest BCUT2D eigenvalue weighted by atomic mass is 9.79. The van der Waals surface area contributed by atoms with Crippen LogP contribution in [0.15, 0.2) is 65.2 Å². The van der Waals surface area contributed by atoms with Gasteiger partial charge in [0.15, 0.2) is 5.76 Å². The number of carbonyl (C=O) groups excluding carboxylic acids is 3. The van der Waals surface area contributed by atoms with Gasteiger partial charge in [0.2, 0.25) is 5.91 Å². The second kappa shape index (κ2) is 16.1. The molecule has 1 aliphatic heterocycles. The van der Waals surface area contributed by atoms with Gasteiger partial charge in [-0.3, -0.25) is 9.59 Å². The average Bonchev–Trinajstić information content (AvgIpc) is 4.11. The Bertz CT molecular complexity index is 2110. The SMILES string of the molecule is CC(c1cc(C(=O)NC2CC2)ccc1Cl)N(C(=O)[C@H]1CN(C(=O)OC(C)(C)C)CC[C@@H]1c1ccc(OCc2cc(-c3c(F)ccc(F)c3Cl)no2)cc1)C1CC1. The van der Waals surface area contributed by atoms with Crippen LogP contribution in [0.25, 0.3) is 11.3 Å². The normalized spacial score (nSPS) is 19.0. The molecule has 2 heterocycles. The van der Waals surface area contributed by atoms with Crippen molar-refractivity contribution >= 4 is 41.1 Å². The molecule has 4 aromatic rings. The molecular weight excluding hydrogens is 765 g/mol. The molecule has 1 unspecified atom stereocenters. The van der Waals surface area contributed by atoms with Crippen molar-refractivity contribution in [2.24, 2.45) is 5.92 Å². The molecule has 3 aromatic carbocycles. The zero-order valence-corrected chi connectivity index (χ0v) is 33.1. The molecule has 56 heavy (non-hydrogen) atoms. The lowest BCUT2D eigenvalue weighted by molar-refractivity contribution is -0.141. The van der Waals surface area contributed by atoms with Crippen LogP contribution in [-0.2, 0) is 16.1 Å². The van der Waals surface area contributed by atoms with Crippen LogP contribution in [0.3, 0.4) is 0 Å². The summed E-state index contributed by atoms with van der Waals surface area (Å²) in [6.45, 7) is 7.88. The molecule has 7 rings (SSSR count). The van der Waals surface area contributed by atoms with Gasteiger partial charge < -0.3 is 29.1 Å². The van der Waals surface area contributed by atoms with Crippen molar-refractivity contribution in [2.75, 3.05) is 13.1 Å². The van der Waals surface area contributed by atoms with Crippen LogP contribution in [0, 0.1) is 17.6 Å². The first kappa shape index (κ1) is 39.6. The maximum absolute atomic E-state index is 14.9. The molecule has 3 aliphatic rings. The summed E-state index contributed by atoms with van der Waals surface area (Å²) in [5, 5.41) is 6.95. The van der Waals surface area contributed by atoms with Crippen LogP contribution in [-0.4, -0.2) is 63.6 Å². The van der Waals surface area contributed by atoms with E-state index in [0.29, 0.717) is 34.9 Å². The number of hydrogen-bond acceptors (Lipinski definition) is 7. The van der Waals surface area contributed by atoms with E-state index in [1.54, 1.807) is 35.2 Å². The number of nitrogens with zero attached hydrogens (tertiary/aromatic N) is 3. The molecule has 0 radical (unpaired) electrons. The lowest BCUT2D eigenvalue weighted by Crippen LogP contribution is -2.51. The second-order valence-corrected chi connectivity index (χ2v) is 16.6. The van der Waals surface area contributed by atoms with Gasteiger partial charge in [-0.15, -0.1) is 0 Å². The lowest BCUT2D eigenvalue weighted by Gasteiger charge is -2.42. The second-order valence-electron chi connectivity index (χ2n) is 15.8. The first-order valence-electron chi connectivity index (χ1n) is 18.9. The summed E-state index contributed by atoms with van der Waals surface area (Å²) in [6.07, 6.45) is 3.65. The van der Waals surface area contributed by atoms with Gasteiger partial charge in [0.05, 0.1) is 22.5 Å². The van der Waals surface area contributed by atoms with Gasteiger partial charge in [0.25, 0.3) is 5.91 Å². The molecule has 14 heteroatoms. The fraction of sp³-hybridized carbons (Fsp3) is 0.429. The van der Waals surface area contributed by atoms with Crippen LogP contribution in [0.2, 0.25) is 10.0 Å². The van der Waals surface area contributed by atoms with E-state index in [0.717, 1.165) is 43.4 Å². The largest absolute Gasteiger partial charge is 0.486 e. The third-order valence-electron chi connectivity index (χ3n) is 10.4. The zero-order chi connectivity index (χ0) is 39.9. The van der Waals surface area contributed by atoms with Crippen molar-refractivity contribution in [3.8, 4) is 17.0 Å². The van der Waals surface area contributed by atoms with E-state index in [1.807, 2.05) is 44.7 Å². The number of piperidine rings is 1. The Morgan fingerprint density at radius 1 is 0.982 bits per heavy atom. The van der Waals surface area contributed by atoms with E-state index in [-0.39, 0.29) is 60.0 Å². The molecule has 296 valence electrons. The number of benzene rings is 3. The molecule has 3 amide bonds. The minimum Gasteiger partial charge on any atom is -0.486 e. The molecule has 1 aromatic heterocycles. The van der Waals surface area contributed by atoms with Crippen molar-refractivity contribution in [1.82, 2.24) is 20.3 Å². The number of ether oxygens (including phenoxy) is 2. The first-order valence-corrected chi connectivity index (χ1v) is 19.6. The quantitative estimate of drug-likeness (QED) is 0.150. The van der Waals surface area contributed by atoms with Gasteiger partial charge in [-0.2, -0.15) is 0 Å². The number of rotatable bonds is 11. The molecular formula is C42H44Cl2F2N4O6. The highest BCUT2D eigenvalue weighted by Crippen LogP contribution is 2.43. The summed E-state index contributed by atoms with van der Waals surface area (Å²) >= 11 is 12.8. The Morgan fingerprint density at radius 2 is 1.70 bits per heavy atom. The number of amides is 3. The molecule has 3 fully saturated rings. The van der Waals surface area contributed by atoms with Gasteiger partial charge >= 0.3 is 6.09 Å². The average molecular weight is 810 g/mol. The minimum absolute atomic E-state index is 0.00381. The fourth-order valence-electron chi connectivity index (χ4n) is 7.20. The predicted octanol–water partition coefficient (Wildman–Crippen LogP) is 9.49. The molecule has 10 nitrogen and oxygen atoms in total. The smallest absolute Gasteiger partial charge is 0.410 e. The number of nitrogens with one attached hydrogen (secondary N) is 1. The molecule has 2 aliphatic carbocycles. The van der Waals surface area contributed by atoms with Gasteiger partial charge in [-0.25, -0.2) is 13.6 Å². The number of likely N-dealkylation sites (tertiary alicyclic amines) is 1. The van der Waals surface area contributed by atoms with Crippen LogP contribution < -0.4 is 10.1 Å². The number of aromatic nitrogens is 1.